The third-order valence-electron chi connectivity index (χ3n) is 13.5. The lowest BCUT2D eigenvalue weighted by molar-refractivity contribution is -0.161. The Morgan fingerprint density at radius 1 is 0.400 bits per heavy atom. The summed E-state index contributed by atoms with van der Waals surface area (Å²) in [6, 6.07) is 0. The van der Waals surface area contributed by atoms with Crippen molar-refractivity contribution in [2.24, 2.45) is 0 Å². The molecular formula is C61H113O13P. The molecule has 1 unspecified atom stereocenters. The number of aliphatic hydroxyl groups excluding tert-OH is 5. The van der Waals surface area contributed by atoms with Crippen LogP contribution in [0.1, 0.15) is 271 Å². The second-order valence-electron chi connectivity index (χ2n) is 20.7. The first-order chi connectivity index (χ1) is 36.5. The quantitative estimate of drug-likeness (QED) is 0.0145. The molecule has 0 saturated heterocycles. The van der Waals surface area contributed by atoms with Crippen LogP contribution in [0, 0.1) is 0 Å². The zero-order valence-corrected chi connectivity index (χ0v) is 48.5. The van der Waals surface area contributed by atoms with Crippen molar-refractivity contribution in [3.8, 4) is 0 Å². The van der Waals surface area contributed by atoms with E-state index in [0.29, 0.717) is 12.8 Å². The van der Waals surface area contributed by atoms with E-state index in [2.05, 4.69) is 62.5 Å². The molecule has 0 aromatic heterocycles. The molecule has 0 bridgehead atoms. The van der Waals surface area contributed by atoms with E-state index < -0.39 is 76.7 Å². The van der Waals surface area contributed by atoms with Crippen molar-refractivity contribution in [1.29, 1.82) is 0 Å². The van der Waals surface area contributed by atoms with Crippen molar-refractivity contribution in [1.82, 2.24) is 0 Å². The van der Waals surface area contributed by atoms with Crippen LogP contribution in [0.4, 0.5) is 0 Å². The van der Waals surface area contributed by atoms with Crippen LogP contribution in [-0.2, 0) is 32.7 Å². The fourth-order valence-electron chi connectivity index (χ4n) is 8.57. The number of phosphoric acid groups is 1. The Kier molecular flexibility index (Phi) is 53.5. The minimum absolute atomic E-state index is 0.0823. The Morgan fingerprint density at radius 2 is 0.693 bits per heavy atom. The van der Waals surface area contributed by atoms with Crippen LogP contribution in [0.5, 0.6) is 0 Å². The van der Waals surface area contributed by atoms with Gasteiger partial charge in [-0.15, -0.1) is 0 Å². The summed E-state index contributed by atoms with van der Waals surface area (Å²) in [5.41, 5.74) is 0. The Morgan fingerprint density at radius 3 is 1.04 bits per heavy atom. The average Bonchev–Trinajstić information content (AvgIpc) is 3.40. The van der Waals surface area contributed by atoms with Gasteiger partial charge in [-0.2, -0.15) is 0 Å². The molecule has 440 valence electrons. The van der Waals surface area contributed by atoms with Crippen LogP contribution < -0.4 is 0 Å². The van der Waals surface area contributed by atoms with Crippen LogP contribution in [0.15, 0.2) is 48.6 Å². The predicted molar refractivity (Wildman–Crippen MR) is 306 cm³/mol. The minimum Gasteiger partial charge on any atom is -0.462 e. The van der Waals surface area contributed by atoms with E-state index in [1.54, 1.807) is 0 Å². The molecule has 0 rings (SSSR count). The van der Waals surface area contributed by atoms with E-state index in [-0.39, 0.29) is 12.8 Å². The van der Waals surface area contributed by atoms with Crippen molar-refractivity contribution >= 4 is 19.8 Å². The number of allylic oxidation sites excluding steroid dienone is 8. The maximum absolute atomic E-state index is 12.8. The third kappa shape index (κ3) is 51.0. The van der Waals surface area contributed by atoms with Crippen LogP contribution in [0.25, 0.3) is 0 Å². The maximum atomic E-state index is 12.8. The van der Waals surface area contributed by atoms with Gasteiger partial charge in [-0.1, -0.05) is 191 Å². The predicted octanol–water partition coefficient (Wildman–Crippen LogP) is 14.9. The van der Waals surface area contributed by atoms with E-state index in [9.17, 15) is 39.5 Å². The molecule has 6 atom stereocenters. The molecule has 0 saturated carbocycles. The van der Waals surface area contributed by atoms with Crippen molar-refractivity contribution in [3.63, 3.8) is 0 Å². The van der Waals surface area contributed by atoms with E-state index in [1.165, 1.54) is 193 Å². The van der Waals surface area contributed by atoms with Crippen LogP contribution in [-0.4, -0.2) is 99.3 Å². The fourth-order valence-corrected chi connectivity index (χ4v) is 9.34. The molecule has 0 amide bonds. The lowest BCUT2D eigenvalue weighted by Crippen LogP contribution is -2.47. The van der Waals surface area contributed by atoms with Crippen LogP contribution in [0.2, 0.25) is 0 Å². The van der Waals surface area contributed by atoms with E-state index in [1.807, 2.05) is 0 Å². The average molecular weight is 1090 g/mol. The Hall–Kier alpha value is -2.19. The van der Waals surface area contributed by atoms with Gasteiger partial charge in [0.15, 0.2) is 6.10 Å². The highest BCUT2D eigenvalue weighted by Gasteiger charge is 2.33. The van der Waals surface area contributed by atoms with Gasteiger partial charge in [0.1, 0.15) is 31.0 Å². The number of unbranched alkanes of at least 4 members (excludes halogenated alkanes) is 32. The number of carbonyl (C=O) groups is 2. The third-order valence-corrected chi connectivity index (χ3v) is 14.4. The smallest absolute Gasteiger partial charge is 0.462 e. The van der Waals surface area contributed by atoms with E-state index in [0.717, 1.165) is 38.5 Å². The van der Waals surface area contributed by atoms with Crippen molar-refractivity contribution < 1.29 is 63.1 Å². The SMILES string of the molecule is CCCCCCCC=CCCCCCCCCCCC=CCCCCC(=O)OC[C@H](COP(=O)(O)OC[C@@H](O)[C@@H](O)[C@H](O)[C@H](O)CO)OC(=O)CCCCC=CCCCCCCCCCCC=CCCCCCCC. The zero-order chi connectivity index (χ0) is 55.1. The van der Waals surface area contributed by atoms with Gasteiger partial charge in [0, 0.05) is 12.8 Å². The molecule has 0 radical (unpaired) electrons. The van der Waals surface area contributed by atoms with E-state index in [4.69, 9.17) is 23.6 Å². The second kappa shape index (κ2) is 55.1. The van der Waals surface area contributed by atoms with Crippen molar-refractivity contribution in [2.75, 3.05) is 26.4 Å². The molecule has 0 aliphatic carbocycles. The zero-order valence-electron chi connectivity index (χ0n) is 47.6. The molecule has 6 N–H and O–H groups in total. The molecule has 0 aliphatic heterocycles. The lowest BCUT2D eigenvalue weighted by atomic mass is 10.0. The molecule has 0 aromatic carbocycles. The normalized spacial score (nSPS) is 15.0. The molecule has 14 heteroatoms. The van der Waals surface area contributed by atoms with Gasteiger partial charge in [-0.3, -0.25) is 18.6 Å². The van der Waals surface area contributed by atoms with Gasteiger partial charge in [0.05, 0.1) is 19.8 Å². The standard InChI is InChI=1S/C61H113O13P/c1-3-5-7-9-11-13-15-17-19-21-23-25-27-29-31-33-35-37-39-41-43-45-47-49-58(65)71-52-55(53-72-75(69,70)73-54-57(64)61(68)60(67)56(63)51-62)74-59(66)50-48-46-44-42-40-38-36-34-32-30-28-26-24-22-20-18-16-14-12-10-8-6-4-2/h15-18,39-42,55-57,60-64,67-68H,3-14,19-38,43-54H2,1-2H3,(H,69,70)/t55-,56-,57-,60-,61-/m1/s1. The number of rotatable bonds is 57. The highest BCUT2D eigenvalue weighted by atomic mass is 31.2. The minimum atomic E-state index is -4.92. The number of ether oxygens (including phenoxy) is 2. The van der Waals surface area contributed by atoms with Gasteiger partial charge in [-0.25, -0.2) is 4.57 Å². The molecular weight excluding hydrogens is 972 g/mol. The molecule has 0 spiro atoms. The second-order valence-corrected chi connectivity index (χ2v) is 22.2. The summed E-state index contributed by atoms with van der Waals surface area (Å²) in [5, 5.41) is 48.4. The van der Waals surface area contributed by atoms with Gasteiger partial charge < -0.3 is 39.9 Å². The summed E-state index contributed by atoms with van der Waals surface area (Å²) in [7, 11) is -4.92. The first-order valence-corrected chi connectivity index (χ1v) is 31.9. The lowest BCUT2D eigenvalue weighted by Gasteiger charge is -2.26. The van der Waals surface area contributed by atoms with Crippen LogP contribution >= 0.6 is 7.82 Å². The Labute approximate surface area is 457 Å². The molecule has 75 heavy (non-hydrogen) atoms. The molecule has 13 nitrogen and oxygen atoms in total. The number of aliphatic hydroxyl groups is 5. The largest absolute Gasteiger partial charge is 0.472 e. The molecule has 0 heterocycles. The van der Waals surface area contributed by atoms with Gasteiger partial charge in [0.2, 0.25) is 0 Å². The van der Waals surface area contributed by atoms with Gasteiger partial charge >= 0.3 is 19.8 Å². The first-order valence-electron chi connectivity index (χ1n) is 30.4. The summed E-state index contributed by atoms with van der Waals surface area (Å²) in [4.78, 5) is 35.7. The monoisotopic (exact) mass is 1080 g/mol. The Balaban J connectivity index is 4.47. The van der Waals surface area contributed by atoms with Crippen molar-refractivity contribution in [2.45, 2.75) is 301 Å². The topological polar surface area (TPSA) is 210 Å². The number of hydrogen-bond acceptors (Lipinski definition) is 12. The summed E-state index contributed by atoms with van der Waals surface area (Å²) in [6.45, 7) is 1.53. The summed E-state index contributed by atoms with van der Waals surface area (Å²) in [6.07, 6.45) is 54.9. The first kappa shape index (κ1) is 72.8. The van der Waals surface area contributed by atoms with Crippen LogP contribution in [0.3, 0.4) is 0 Å². The highest BCUT2D eigenvalue weighted by Crippen LogP contribution is 2.43. The summed E-state index contributed by atoms with van der Waals surface area (Å²) < 4.78 is 33.3. The molecule has 0 aliphatic rings. The van der Waals surface area contributed by atoms with Gasteiger partial charge in [0.25, 0.3) is 0 Å². The number of hydrogen-bond donors (Lipinski definition) is 6. The number of phosphoric ester groups is 1. The number of carbonyl (C=O) groups excluding carboxylic acids is 2. The van der Waals surface area contributed by atoms with Crippen molar-refractivity contribution in [3.05, 3.63) is 48.6 Å². The summed E-state index contributed by atoms with van der Waals surface area (Å²) in [5.74, 6) is -1.10. The highest BCUT2D eigenvalue weighted by molar-refractivity contribution is 7.47. The number of esters is 2. The van der Waals surface area contributed by atoms with Gasteiger partial charge in [-0.05, 0) is 116 Å². The van der Waals surface area contributed by atoms with E-state index >= 15 is 0 Å². The molecule has 0 fully saturated rings. The Bertz CT molecular complexity index is 1440. The maximum Gasteiger partial charge on any atom is 0.472 e. The molecule has 0 aromatic rings. The fraction of sp³-hybridized carbons (Fsp3) is 0.836. The summed E-state index contributed by atoms with van der Waals surface area (Å²) >= 11 is 0.